The van der Waals surface area contributed by atoms with E-state index in [2.05, 4.69) is 29.3 Å². The van der Waals surface area contributed by atoms with E-state index >= 15 is 0 Å². The second-order valence-electron chi connectivity index (χ2n) is 8.48. The first-order chi connectivity index (χ1) is 14.6. The van der Waals surface area contributed by atoms with Crippen molar-refractivity contribution in [3.05, 3.63) is 59.5 Å². The molecule has 2 aliphatic rings. The van der Waals surface area contributed by atoms with Crippen molar-refractivity contribution in [2.24, 2.45) is 5.92 Å². The molecule has 4 heterocycles. The van der Waals surface area contributed by atoms with Crippen molar-refractivity contribution in [3.8, 4) is 11.5 Å². The van der Waals surface area contributed by atoms with Gasteiger partial charge in [-0.1, -0.05) is 19.1 Å². The van der Waals surface area contributed by atoms with Crippen molar-refractivity contribution in [1.82, 2.24) is 14.3 Å². The fourth-order valence-electron chi connectivity index (χ4n) is 4.56. The van der Waals surface area contributed by atoms with E-state index in [1.54, 1.807) is 0 Å². The molecule has 1 amide bonds. The van der Waals surface area contributed by atoms with Crippen molar-refractivity contribution < 1.29 is 14.3 Å². The highest BCUT2D eigenvalue weighted by atomic mass is 16.7. The molecule has 0 spiro atoms. The number of ether oxygens (including phenoxy) is 2. The van der Waals surface area contributed by atoms with Gasteiger partial charge in [0.15, 0.2) is 11.5 Å². The molecular formula is C24H27N3O3. The molecule has 5 rings (SSSR count). The summed E-state index contributed by atoms with van der Waals surface area (Å²) in [4.78, 5) is 19.9. The summed E-state index contributed by atoms with van der Waals surface area (Å²) in [5.41, 5.74) is 4.07. The van der Waals surface area contributed by atoms with Crippen LogP contribution in [0.25, 0.3) is 5.65 Å². The van der Waals surface area contributed by atoms with Crippen molar-refractivity contribution in [2.45, 2.75) is 39.0 Å². The van der Waals surface area contributed by atoms with Crippen molar-refractivity contribution in [2.75, 3.05) is 19.9 Å². The number of hydrogen-bond donors (Lipinski definition) is 0. The molecule has 0 bridgehead atoms. The highest BCUT2D eigenvalue weighted by Crippen LogP contribution is 2.38. The average Bonchev–Trinajstić information content (AvgIpc) is 3.39. The monoisotopic (exact) mass is 405 g/mol. The van der Waals surface area contributed by atoms with Gasteiger partial charge in [-0.3, -0.25) is 4.79 Å². The molecule has 2 aromatic heterocycles. The third-order valence-electron chi connectivity index (χ3n) is 6.42. The second kappa shape index (κ2) is 7.67. The number of benzene rings is 1. The molecule has 0 saturated carbocycles. The Hall–Kier alpha value is -3.02. The number of amides is 1. The molecule has 30 heavy (non-hydrogen) atoms. The molecule has 0 aliphatic carbocycles. The molecule has 2 aliphatic heterocycles. The Bertz CT molecular complexity index is 1080. The molecule has 1 atom stereocenters. The Morgan fingerprint density at radius 1 is 1.17 bits per heavy atom. The molecule has 156 valence electrons. The van der Waals surface area contributed by atoms with Crippen LogP contribution in [-0.2, 0) is 4.79 Å². The van der Waals surface area contributed by atoms with Gasteiger partial charge in [-0.25, -0.2) is 4.98 Å². The topological polar surface area (TPSA) is 56.1 Å². The molecule has 0 radical (unpaired) electrons. The highest BCUT2D eigenvalue weighted by Gasteiger charge is 2.28. The molecule has 6 nitrogen and oxygen atoms in total. The minimum Gasteiger partial charge on any atom is -0.454 e. The van der Waals surface area contributed by atoms with Gasteiger partial charge in [0.05, 0.1) is 5.69 Å². The summed E-state index contributed by atoms with van der Waals surface area (Å²) in [6.07, 6.45) is 4.48. The number of pyridine rings is 1. The first-order valence-electron chi connectivity index (χ1n) is 10.7. The Morgan fingerprint density at radius 3 is 2.80 bits per heavy atom. The maximum atomic E-state index is 13.3. The lowest BCUT2D eigenvalue weighted by molar-refractivity contribution is -0.132. The van der Waals surface area contributed by atoms with E-state index in [0.29, 0.717) is 12.3 Å². The van der Waals surface area contributed by atoms with Crippen LogP contribution in [0, 0.1) is 12.8 Å². The predicted octanol–water partition coefficient (Wildman–Crippen LogP) is 4.15. The van der Waals surface area contributed by atoms with Gasteiger partial charge in [-0.05, 0) is 55.5 Å². The Kier molecular flexibility index (Phi) is 4.85. The zero-order chi connectivity index (χ0) is 20.7. The van der Waals surface area contributed by atoms with E-state index in [1.165, 1.54) is 0 Å². The van der Waals surface area contributed by atoms with Crippen LogP contribution in [0.4, 0.5) is 0 Å². The Morgan fingerprint density at radius 2 is 1.97 bits per heavy atom. The molecule has 1 unspecified atom stereocenters. The van der Waals surface area contributed by atoms with Crippen LogP contribution in [-0.4, -0.2) is 40.1 Å². The smallest absolute Gasteiger partial charge is 0.231 e. The van der Waals surface area contributed by atoms with Crippen LogP contribution >= 0.6 is 0 Å². The average molecular weight is 405 g/mol. The maximum absolute atomic E-state index is 13.3. The summed E-state index contributed by atoms with van der Waals surface area (Å²) in [6, 6.07) is 12.1. The zero-order valence-corrected chi connectivity index (χ0v) is 17.5. The third kappa shape index (κ3) is 3.40. The van der Waals surface area contributed by atoms with Crippen LogP contribution in [0.3, 0.4) is 0 Å². The first kappa shape index (κ1) is 19.0. The molecule has 1 saturated heterocycles. The molecular weight excluding hydrogens is 378 g/mol. The van der Waals surface area contributed by atoms with Gasteiger partial charge in [0.1, 0.15) is 5.65 Å². The van der Waals surface area contributed by atoms with Crippen molar-refractivity contribution in [1.29, 1.82) is 0 Å². The van der Waals surface area contributed by atoms with Crippen molar-refractivity contribution >= 4 is 11.6 Å². The summed E-state index contributed by atoms with van der Waals surface area (Å²) in [5, 5.41) is 0. The zero-order valence-electron chi connectivity index (χ0n) is 17.5. The Labute approximate surface area is 176 Å². The number of piperidine rings is 1. The number of carbonyl (C=O) groups excluding carboxylic acids is 1. The fourth-order valence-corrected chi connectivity index (χ4v) is 4.56. The number of aryl methyl sites for hydroxylation is 1. The lowest BCUT2D eigenvalue weighted by Gasteiger charge is -2.31. The number of fused-ring (bicyclic) bond motifs is 2. The lowest BCUT2D eigenvalue weighted by Crippen LogP contribution is -2.38. The standard InChI is InChI=1S/C24H27N3O3/c1-16-8-10-26(11-9-16)24(28)13-19(18-6-7-21-22(12-18)30-15-29-21)20-14-25-23-5-3-4-17(2)27(20)23/h3-7,12,14,16,19H,8-11,13,15H2,1-2H3. The van der Waals surface area contributed by atoms with Gasteiger partial charge in [0.25, 0.3) is 0 Å². The van der Waals surface area contributed by atoms with Gasteiger partial charge in [-0.2, -0.15) is 0 Å². The fraction of sp³-hybridized carbons (Fsp3) is 0.417. The van der Waals surface area contributed by atoms with Gasteiger partial charge in [-0.15, -0.1) is 0 Å². The molecule has 3 aromatic rings. The predicted molar refractivity (Wildman–Crippen MR) is 114 cm³/mol. The Balaban J connectivity index is 1.53. The normalized spacial score (nSPS) is 17.5. The highest BCUT2D eigenvalue weighted by molar-refractivity contribution is 5.78. The summed E-state index contributed by atoms with van der Waals surface area (Å²) in [6.45, 7) is 6.27. The molecule has 6 heteroatoms. The second-order valence-corrected chi connectivity index (χ2v) is 8.48. The van der Waals surface area contributed by atoms with E-state index in [4.69, 9.17) is 9.47 Å². The molecule has 1 fully saturated rings. The van der Waals surface area contributed by atoms with Gasteiger partial charge in [0.2, 0.25) is 12.7 Å². The minimum absolute atomic E-state index is 0.109. The number of imidazole rings is 1. The summed E-state index contributed by atoms with van der Waals surface area (Å²) >= 11 is 0. The summed E-state index contributed by atoms with van der Waals surface area (Å²) < 4.78 is 13.2. The number of hydrogen-bond acceptors (Lipinski definition) is 4. The largest absolute Gasteiger partial charge is 0.454 e. The number of rotatable bonds is 4. The summed E-state index contributed by atoms with van der Waals surface area (Å²) in [7, 11) is 0. The number of likely N-dealkylation sites (tertiary alicyclic amines) is 1. The minimum atomic E-state index is -0.109. The quantitative estimate of drug-likeness (QED) is 0.654. The van der Waals surface area contributed by atoms with Gasteiger partial charge < -0.3 is 18.8 Å². The SMILES string of the molecule is Cc1cccc2ncc(C(CC(=O)N3CCC(C)CC3)c3ccc4c(c3)OCO4)n12. The van der Waals surface area contributed by atoms with E-state index in [0.717, 1.165) is 60.0 Å². The van der Waals surface area contributed by atoms with Gasteiger partial charge >= 0.3 is 0 Å². The first-order valence-corrected chi connectivity index (χ1v) is 10.7. The lowest BCUT2D eigenvalue weighted by atomic mass is 9.90. The van der Waals surface area contributed by atoms with E-state index in [1.807, 2.05) is 41.4 Å². The van der Waals surface area contributed by atoms with E-state index in [-0.39, 0.29) is 18.6 Å². The van der Waals surface area contributed by atoms with Crippen LogP contribution in [0.15, 0.2) is 42.6 Å². The van der Waals surface area contributed by atoms with E-state index in [9.17, 15) is 4.79 Å². The van der Waals surface area contributed by atoms with Crippen molar-refractivity contribution in [3.63, 3.8) is 0 Å². The number of nitrogens with zero attached hydrogens (tertiary/aromatic N) is 3. The molecule has 1 aromatic carbocycles. The van der Waals surface area contributed by atoms with Crippen LogP contribution in [0.2, 0.25) is 0 Å². The maximum Gasteiger partial charge on any atom is 0.231 e. The van der Waals surface area contributed by atoms with Gasteiger partial charge in [0, 0.05) is 37.3 Å². The van der Waals surface area contributed by atoms with Crippen LogP contribution < -0.4 is 9.47 Å². The number of carbonyl (C=O) groups is 1. The molecule has 0 N–H and O–H groups in total. The number of aromatic nitrogens is 2. The van der Waals surface area contributed by atoms with Crippen LogP contribution in [0.5, 0.6) is 11.5 Å². The van der Waals surface area contributed by atoms with Crippen LogP contribution in [0.1, 0.15) is 49.1 Å². The van der Waals surface area contributed by atoms with E-state index < -0.39 is 0 Å². The third-order valence-corrected chi connectivity index (χ3v) is 6.42. The summed E-state index contributed by atoms with van der Waals surface area (Å²) in [5.74, 6) is 2.28.